The maximum absolute atomic E-state index is 8.84. The van der Waals surface area contributed by atoms with E-state index < -0.39 is 0 Å². The molecule has 0 saturated carbocycles. The van der Waals surface area contributed by atoms with Crippen molar-refractivity contribution < 1.29 is 4.74 Å². The lowest BCUT2D eigenvalue weighted by Gasteiger charge is -2.06. The molecule has 0 fully saturated rings. The molecule has 0 aliphatic heterocycles. The van der Waals surface area contributed by atoms with Crippen LogP contribution in [0.2, 0.25) is 0 Å². The Balaban J connectivity index is 2.27. The second kappa shape index (κ2) is 4.45. The van der Waals surface area contributed by atoms with E-state index in [4.69, 9.17) is 10.00 Å². The van der Waals surface area contributed by atoms with Gasteiger partial charge in [-0.1, -0.05) is 6.07 Å². The first-order valence-corrected chi connectivity index (χ1v) is 4.73. The number of aromatic nitrogens is 3. The zero-order chi connectivity index (χ0) is 11.4. The molecule has 0 N–H and O–H groups in total. The molecule has 0 aliphatic rings. The van der Waals surface area contributed by atoms with Crippen LogP contribution in [0, 0.1) is 11.3 Å². The van der Waals surface area contributed by atoms with Gasteiger partial charge in [-0.3, -0.25) is 0 Å². The third-order valence-corrected chi connectivity index (χ3v) is 2.20. The van der Waals surface area contributed by atoms with Crippen molar-refractivity contribution in [1.29, 1.82) is 5.26 Å². The number of methoxy groups -OCH3 is 1. The minimum absolute atomic E-state index is 0.532. The summed E-state index contributed by atoms with van der Waals surface area (Å²) in [5.74, 6) is 0.583. The fraction of sp³-hybridized carbons (Fsp3) is 0.182. The van der Waals surface area contributed by atoms with E-state index in [1.807, 2.05) is 12.1 Å². The molecule has 2 aromatic rings. The van der Waals surface area contributed by atoms with Crippen LogP contribution < -0.4 is 4.74 Å². The summed E-state index contributed by atoms with van der Waals surface area (Å²) in [5.41, 5.74) is 1.55. The molecule has 0 aliphatic carbocycles. The standard InChI is InChI=1S/C11H10N4O/c1-16-11-4-9(2-3-10(11)5-12)6-15-8-13-7-14-15/h2-4,7-8H,6H2,1H3. The van der Waals surface area contributed by atoms with Gasteiger partial charge in [-0.2, -0.15) is 10.4 Å². The minimum Gasteiger partial charge on any atom is -0.495 e. The van der Waals surface area contributed by atoms with E-state index in [2.05, 4.69) is 16.2 Å². The van der Waals surface area contributed by atoms with E-state index >= 15 is 0 Å². The molecule has 1 aromatic carbocycles. The fourth-order valence-corrected chi connectivity index (χ4v) is 1.43. The monoisotopic (exact) mass is 214 g/mol. The van der Waals surface area contributed by atoms with Crippen LogP contribution in [0.1, 0.15) is 11.1 Å². The van der Waals surface area contributed by atoms with Crippen molar-refractivity contribution in [3.05, 3.63) is 42.0 Å². The average Bonchev–Trinajstić information content (AvgIpc) is 2.81. The van der Waals surface area contributed by atoms with E-state index in [1.54, 1.807) is 24.2 Å². The third-order valence-electron chi connectivity index (χ3n) is 2.20. The van der Waals surface area contributed by atoms with Gasteiger partial charge < -0.3 is 4.74 Å². The number of nitrogens with zero attached hydrogens (tertiary/aromatic N) is 4. The Bertz CT molecular complexity index is 513. The Morgan fingerprint density at radius 3 is 3.00 bits per heavy atom. The highest BCUT2D eigenvalue weighted by Gasteiger charge is 2.04. The van der Waals surface area contributed by atoms with Crippen molar-refractivity contribution in [2.75, 3.05) is 7.11 Å². The molecule has 5 nitrogen and oxygen atoms in total. The number of benzene rings is 1. The Morgan fingerprint density at radius 1 is 1.50 bits per heavy atom. The van der Waals surface area contributed by atoms with Crippen molar-refractivity contribution in [1.82, 2.24) is 14.8 Å². The van der Waals surface area contributed by atoms with Crippen LogP contribution in [-0.2, 0) is 6.54 Å². The Hall–Kier alpha value is -2.35. The first-order valence-electron chi connectivity index (χ1n) is 4.73. The van der Waals surface area contributed by atoms with Crippen LogP contribution >= 0.6 is 0 Å². The van der Waals surface area contributed by atoms with Gasteiger partial charge in [0.15, 0.2) is 0 Å². The van der Waals surface area contributed by atoms with Crippen LogP contribution in [0.25, 0.3) is 0 Å². The van der Waals surface area contributed by atoms with Gasteiger partial charge >= 0.3 is 0 Å². The first-order chi connectivity index (χ1) is 7.83. The van der Waals surface area contributed by atoms with Gasteiger partial charge in [-0.25, -0.2) is 9.67 Å². The summed E-state index contributed by atoms with van der Waals surface area (Å²) in [6.45, 7) is 0.613. The zero-order valence-corrected chi connectivity index (χ0v) is 8.79. The smallest absolute Gasteiger partial charge is 0.137 e. The molecule has 0 amide bonds. The summed E-state index contributed by atoms with van der Waals surface area (Å²) >= 11 is 0. The summed E-state index contributed by atoms with van der Waals surface area (Å²) < 4.78 is 6.84. The molecule has 0 saturated heterocycles. The Labute approximate surface area is 92.9 Å². The first kappa shape index (κ1) is 10.2. The molecular formula is C11H10N4O. The maximum atomic E-state index is 8.84. The van der Waals surface area contributed by atoms with E-state index in [1.165, 1.54) is 6.33 Å². The summed E-state index contributed by atoms with van der Waals surface area (Å²) in [4.78, 5) is 3.86. The quantitative estimate of drug-likeness (QED) is 0.770. The highest BCUT2D eigenvalue weighted by Crippen LogP contribution is 2.19. The molecule has 80 valence electrons. The van der Waals surface area contributed by atoms with Gasteiger partial charge in [0.25, 0.3) is 0 Å². The van der Waals surface area contributed by atoms with Crippen molar-refractivity contribution in [3.8, 4) is 11.8 Å². The highest BCUT2D eigenvalue weighted by atomic mass is 16.5. The number of ether oxygens (including phenoxy) is 1. The van der Waals surface area contributed by atoms with Crippen LogP contribution in [0.3, 0.4) is 0 Å². The van der Waals surface area contributed by atoms with Gasteiger partial charge in [0, 0.05) is 0 Å². The fourth-order valence-electron chi connectivity index (χ4n) is 1.43. The number of rotatable bonds is 3. The Morgan fingerprint density at radius 2 is 2.38 bits per heavy atom. The number of hydrogen-bond acceptors (Lipinski definition) is 4. The zero-order valence-electron chi connectivity index (χ0n) is 8.79. The molecule has 0 radical (unpaired) electrons. The van der Waals surface area contributed by atoms with Crippen LogP contribution in [0.15, 0.2) is 30.9 Å². The maximum Gasteiger partial charge on any atom is 0.137 e. The van der Waals surface area contributed by atoms with Crippen LogP contribution in [-0.4, -0.2) is 21.9 Å². The largest absolute Gasteiger partial charge is 0.495 e. The van der Waals surface area contributed by atoms with Crippen LogP contribution in [0.4, 0.5) is 0 Å². The molecular weight excluding hydrogens is 204 g/mol. The summed E-state index contributed by atoms with van der Waals surface area (Å²) in [7, 11) is 1.55. The lowest BCUT2D eigenvalue weighted by Crippen LogP contribution is -2.00. The van der Waals surface area contributed by atoms with Crippen molar-refractivity contribution in [2.45, 2.75) is 6.54 Å². The molecule has 0 bridgehead atoms. The predicted octanol–water partition coefficient (Wildman–Crippen LogP) is 1.21. The number of hydrogen-bond donors (Lipinski definition) is 0. The van der Waals surface area contributed by atoms with E-state index in [0.29, 0.717) is 17.9 Å². The summed E-state index contributed by atoms with van der Waals surface area (Å²) in [5, 5.41) is 12.8. The molecule has 0 atom stereocenters. The predicted molar refractivity (Wildman–Crippen MR) is 56.8 cm³/mol. The lowest BCUT2D eigenvalue weighted by atomic mass is 10.1. The SMILES string of the molecule is COc1cc(Cn2cncn2)ccc1C#N. The topological polar surface area (TPSA) is 63.7 Å². The second-order valence-corrected chi connectivity index (χ2v) is 3.24. The molecule has 0 spiro atoms. The molecule has 0 unspecified atom stereocenters. The Kier molecular flexibility index (Phi) is 2.83. The molecule has 2 rings (SSSR count). The van der Waals surface area contributed by atoms with Gasteiger partial charge in [0.1, 0.15) is 24.5 Å². The van der Waals surface area contributed by atoms with Gasteiger partial charge in [-0.15, -0.1) is 0 Å². The summed E-state index contributed by atoms with van der Waals surface area (Å²) in [6.07, 6.45) is 3.13. The van der Waals surface area contributed by atoms with Crippen molar-refractivity contribution in [2.24, 2.45) is 0 Å². The second-order valence-electron chi connectivity index (χ2n) is 3.24. The molecule has 16 heavy (non-hydrogen) atoms. The molecule has 1 heterocycles. The van der Waals surface area contributed by atoms with Crippen LogP contribution in [0.5, 0.6) is 5.75 Å². The van der Waals surface area contributed by atoms with E-state index in [-0.39, 0.29) is 0 Å². The van der Waals surface area contributed by atoms with Crippen molar-refractivity contribution >= 4 is 0 Å². The lowest BCUT2D eigenvalue weighted by molar-refractivity contribution is 0.412. The van der Waals surface area contributed by atoms with E-state index in [0.717, 1.165) is 5.56 Å². The highest BCUT2D eigenvalue weighted by molar-refractivity contribution is 5.45. The minimum atomic E-state index is 0.532. The van der Waals surface area contributed by atoms with Gasteiger partial charge in [0.2, 0.25) is 0 Å². The van der Waals surface area contributed by atoms with E-state index in [9.17, 15) is 0 Å². The number of nitriles is 1. The van der Waals surface area contributed by atoms with Gasteiger partial charge in [-0.05, 0) is 17.7 Å². The average molecular weight is 214 g/mol. The third kappa shape index (κ3) is 2.01. The molecule has 1 aromatic heterocycles. The molecule has 5 heteroatoms. The summed E-state index contributed by atoms with van der Waals surface area (Å²) in [6, 6.07) is 7.53. The van der Waals surface area contributed by atoms with Gasteiger partial charge in [0.05, 0.1) is 19.2 Å². The normalized spacial score (nSPS) is 9.75. The van der Waals surface area contributed by atoms with Crippen molar-refractivity contribution in [3.63, 3.8) is 0 Å².